The molecule has 0 radical (unpaired) electrons. The van der Waals surface area contributed by atoms with Crippen molar-refractivity contribution in [2.75, 3.05) is 12.3 Å². The first kappa shape index (κ1) is 23.4. The summed E-state index contributed by atoms with van der Waals surface area (Å²) in [7, 11) is -4.82. The van der Waals surface area contributed by atoms with Gasteiger partial charge in [-0.05, 0) is 24.3 Å². The third-order valence-electron chi connectivity index (χ3n) is 4.44. The first-order valence-corrected chi connectivity index (χ1v) is 10.4. The SMILES string of the molecule is Nc1ccn([C@H]2C[C@H](O)[C@@H](COP(=O)(O)Oc3ccc(C(=O)O)c(C(=O)O)c3)O2)c(=O)n1. The lowest BCUT2D eigenvalue weighted by atomic mass is 10.1. The third kappa shape index (κ3) is 5.30. The van der Waals surface area contributed by atoms with Crippen molar-refractivity contribution in [3.05, 3.63) is 52.1 Å². The number of phosphoric ester groups is 1. The van der Waals surface area contributed by atoms with E-state index in [9.17, 15) is 28.9 Å². The van der Waals surface area contributed by atoms with E-state index in [0.717, 1.165) is 22.8 Å². The number of nitrogens with zero attached hydrogens (tertiary/aromatic N) is 2. The van der Waals surface area contributed by atoms with Gasteiger partial charge >= 0.3 is 25.5 Å². The maximum atomic E-state index is 12.2. The number of aliphatic hydroxyl groups excluding tert-OH is 1. The van der Waals surface area contributed by atoms with Crippen LogP contribution in [0, 0.1) is 0 Å². The Morgan fingerprint density at radius 3 is 2.56 bits per heavy atom. The molecule has 1 aromatic carbocycles. The molecule has 1 aliphatic rings. The molecule has 172 valence electrons. The molecule has 15 heteroatoms. The highest BCUT2D eigenvalue weighted by Gasteiger charge is 2.38. The molecule has 1 aliphatic heterocycles. The predicted molar refractivity (Wildman–Crippen MR) is 104 cm³/mol. The highest BCUT2D eigenvalue weighted by Crippen LogP contribution is 2.45. The number of hydrogen-bond donors (Lipinski definition) is 5. The van der Waals surface area contributed by atoms with Gasteiger partial charge in [0, 0.05) is 12.6 Å². The molecule has 0 bridgehead atoms. The van der Waals surface area contributed by atoms with Crippen molar-refractivity contribution in [2.45, 2.75) is 24.9 Å². The summed E-state index contributed by atoms with van der Waals surface area (Å²) in [5.41, 5.74) is 3.51. The molecular formula is C17H18N3O11P. The van der Waals surface area contributed by atoms with Crippen LogP contribution < -0.4 is 15.9 Å². The minimum absolute atomic E-state index is 0.00508. The van der Waals surface area contributed by atoms with Gasteiger partial charge in [-0.2, -0.15) is 4.98 Å². The molecule has 1 fully saturated rings. The fraction of sp³-hybridized carbons (Fsp3) is 0.294. The normalized spacial score (nSPS) is 22.2. The van der Waals surface area contributed by atoms with Crippen LogP contribution in [0.5, 0.6) is 5.75 Å². The average Bonchev–Trinajstić information content (AvgIpc) is 3.06. The number of aromatic carboxylic acids is 2. The molecule has 2 aromatic rings. The molecule has 1 aromatic heterocycles. The van der Waals surface area contributed by atoms with Gasteiger partial charge in [-0.15, -0.1) is 0 Å². The summed E-state index contributed by atoms with van der Waals surface area (Å²) in [6, 6.07) is 4.00. The Balaban J connectivity index is 1.65. The second-order valence-corrected chi connectivity index (χ2v) is 8.03. The number of benzene rings is 1. The van der Waals surface area contributed by atoms with Gasteiger partial charge < -0.3 is 30.3 Å². The molecule has 3 rings (SSSR count). The van der Waals surface area contributed by atoms with Gasteiger partial charge in [0.05, 0.1) is 23.8 Å². The highest BCUT2D eigenvalue weighted by molar-refractivity contribution is 7.47. The minimum Gasteiger partial charge on any atom is -0.478 e. The molecular weight excluding hydrogens is 453 g/mol. The summed E-state index contributed by atoms with van der Waals surface area (Å²) in [6.45, 7) is -0.610. The molecule has 0 spiro atoms. The largest absolute Gasteiger partial charge is 0.527 e. The number of aromatic nitrogens is 2. The van der Waals surface area contributed by atoms with Crippen molar-refractivity contribution in [3.63, 3.8) is 0 Å². The van der Waals surface area contributed by atoms with E-state index in [-0.39, 0.29) is 12.2 Å². The van der Waals surface area contributed by atoms with E-state index in [0.29, 0.717) is 0 Å². The number of carboxylic acids is 2. The lowest BCUT2D eigenvalue weighted by Gasteiger charge is -2.18. The van der Waals surface area contributed by atoms with Gasteiger partial charge in [0.25, 0.3) is 0 Å². The third-order valence-corrected chi connectivity index (χ3v) is 5.36. The van der Waals surface area contributed by atoms with Crippen LogP contribution in [0.2, 0.25) is 0 Å². The van der Waals surface area contributed by atoms with Crippen LogP contribution >= 0.6 is 7.82 Å². The van der Waals surface area contributed by atoms with E-state index < -0.39 is 67.4 Å². The summed E-state index contributed by atoms with van der Waals surface area (Å²) in [4.78, 5) is 47.6. The number of rotatable bonds is 8. The second kappa shape index (κ2) is 9.06. The summed E-state index contributed by atoms with van der Waals surface area (Å²) < 4.78 is 28.4. The number of nitrogens with two attached hydrogens (primary N) is 1. The molecule has 0 saturated carbocycles. The maximum Gasteiger partial charge on any atom is 0.527 e. The molecule has 1 unspecified atom stereocenters. The monoisotopic (exact) mass is 471 g/mol. The quantitative estimate of drug-likeness (QED) is 0.322. The number of carboxylic acid groups (broad SMARTS) is 2. The Morgan fingerprint density at radius 1 is 1.25 bits per heavy atom. The number of nitrogen functional groups attached to an aromatic ring is 1. The maximum absolute atomic E-state index is 12.2. The van der Waals surface area contributed by atoms with Crippen molar-refractivity contribution >= 4 is 25.6 Å². The van der Waals surface area contributed by atoms with Crippen LogP contribution in [0.15, 0.2) is 35.3 Å². The standard InChI is InChI=1S/C17H18N3O11P/c18-13-3-4-20(17(26)19-13)14-6-11(21)12(30-14)7-29-32(27,28)31-8-1-2-9(15(22)23)10(5-8)16(24)25/h1-5,11-12,14,21H,6-7H2,(H,22,23)(H,24,25)(H,27,28)(H2,18,19,26)/t11-,12+,14+/m0/s1. The van der Waals surface area contributed by atoms with Crippen LogP contribution in [0.1, 0.15) is 33.4 Å². The Hall–Kier alpha value is -3.29. The van der Waals surface area contributed by atoms with Crippen LogP contribution in [-0.2, 0) is 13.8 Å². The van der Waals surface area contributed by atoms with Crippen molar-refractivity contribution in [1.82, 2.24) is 9.55 Å². The number of carbonyl (C=O) groups is 2. The molecule has 6 N–H and O–H groups in total. The van der Waals surface area contributed by atoms with Crippen LogP contribution in [0.4, 0.5) is 5.82 Å². The van der Waals surface area contributed by atoms with Crippen molar-refractivity contribution in [3.8, 4) is 5.75 Å². The fourth-order valence-corrected chi connectivity index (χ4v) is 3.72. The van der Waals surface area contributed by atoms with Crippen LogP contribution in [0.3, 0.4) is 0 Å². The summed E-state index contributed by atoms with van der Waals surface area (Å²) in [6.07, 6.45) is -1.88. The number of aliphatic hydroxyl groups is 1. The van der Waals surface area contributed by atoms with E-state index >= 15 is 0 Å². The number of ether oxygens (including phenoxy) is 1. The van der Waals surface area contributed by atoms with E-state index in [1.54, 1.807) is 0 Å². The topological polar surface area (TPSA) is 221 Å². The van der Waals surface area contributed by atoms with Crippen molar-refractivity contribution in [1.29, 1.82) is 0 Å². The first-order chi connectivity index (χ1) is 15.0. The van der Waals surface area contributed by atoms with E-state index in [1.807, 2.05) is 0 Å². The van der Waals surface area contributed by atoms with Gasteiger partial charge in [-0.3, -0.25) is 14.0 Å². The zero-order chi connectivity index (χ0) is 23.6. The lowest BCUT2D eigenvalue weighted by Crippen LogP contribution is -2.28. The zero-order valence-electron chi connectivity index (χ0n) is 16.1. The van der Waals surface area contributed by atoms with E-state index in [2.05, 4.69) is 4.98 Å². The summed E-state index contributed by atoms with van der Waals surface area (Å²) in [5, 5.41) is 28.2. The molecule has 2 heterocycles. The van der Waals surface area contributed by atoms with Gasteiger partial charge in [-0.25, -0.2) is 18.9 Å². The summed E-state index contributed by atoms with van der Waals surface area (Å²) >= 11 is 0. The Bertz CT molecular complexity index is 1150. The molecule has 32 heavy (non-hydrogen) atoms. The van der Waals surface area contributed by atoms with Gasteiger partial charge in [0.1, 0.15) is 23.9 Å². The molecule has 0 amide bonds. The molecule has 14 nitrogen and oxygen atoms in total. The zero-order valence-corrected chi connectivity index (χ0v) is 17.0. The Kier molecular flexibility index (Phi) is 6.62. The van der Waals surface area contributed by atoms with Crippen LogP contribution in [0.25, 0.3) is 0 Å². The molecule has 0 aliphatic carbocycles. The van der Waals surface area contributed by atoms with Gasteiger partial charge in [0.15, 0.2) is 0 Å². The number of hydrogen-bond acceptors (Lipinski definition) is 10. The summed E-state index contributed by atoms with van der Waals surface area (Å²) in [5.74, 6) is -3.51. The smallest absolute Gasteiger partial charge is 0.478 e. The highest BCUT2D eigenvalue weighted by atomic mass is 31.2. The van der Waals surface area contributed by atoms with Crippen molar-refractivity contribution in [2.24, 2.45) is 0 Å². The fourth-order valence-electron chi connectivity index (χ4n) is 2.95. The van der Waals surface area contributed by atoms with Crippen LogP contribution in [-0.4, -0.2) is 60.5 Å². The van der Waals surface area contributed by atoms with Gasteiger partial charge in [0.2, 0.25) is 0 Å². The van der Waals surface area contributed by atoms with E-state index in [4.69, 9.17) is 29.7 Å². The number of anilines is 1. The van der Waals surface area contributed by atoms with E-state index in [1.165, 1.54) is 12.3 Å². The Morgan fingerprint density at radius 2 is 1.94 bits per heavy atom. The minimum atomic E-state index is -4.82. The van der Waals surface area contributed by atoms with Crippen molar-refractivity contribution < 1.29 is 48.2 Å². The predicted octanol–water partition coefficient (Wildman–Crippen LogP) is 0.0663. The lowest BCUT2D eigenvalue weighted by molar-refractivity contribution is -0.0446. The first-order valence-electron chi connectivity index (χ1n) is 8.92. The molecule has 4 atom stereocenters. The Labute approximate surface area is 179 Å². The average molecular weight is 471 g/mol. The number of phosphoric acid groups is 1. The second-order valence-electron chi connectivity index (χ2n) is 6.65. The molecule has 1 saturated heterocycles. The van der Waals surface area contributed by atoms with Gasteiger partial charge in [-0.1, -0.05) is 0 Å².